The molecule has 3 nitrogen and oxygen atoms in total. The number of aromatic nitrogens is 1. The van der Waals surface area contributed by atoms with Crippen molar-refractivity contribution < 1.29 is 4.79 Å². The average molecular weight is 282 g/mol. The van der Waals surface area contributed by atoms with Crippen LogP contribution in [-0.4, -0.2) is 11.3 Å². The Bertz CT molecular complexity index is 599. The van der Waals surface area contributed by atoms with Crippen LogP contribution in [0.25, 0.3) is 11.3 Å². The molecule has 1 aromatic carbocycles. The minimum absolute atomic E-state index is 0.0185. The van der Waals surface area contributed by atoms with Gasteiger partial charge in [0.2, 0.25) is 0 Å². The maximum Gasteiger partial charge on any atom is 0.144 e. The zero-order valence-electron chi connectivity index (χ0n) is 12.8. The topological polar surface area (TPSA) is 56.0 Å². The summed E-state index contributed by atoms with van der Waals surface area (Å²) in [6.45, 7) is 6.25. The van der Waals surface area contributed by atoms with Crippen molar-refractivity contribution in [1.82, 2.24) is 4.98 Å². The lowest BCUT2D eigenvalue weighted by atomic mass is 9.77. The summed E-state index contributed by atoms with van der Waals surface area (Å²) in [5.74, 6) is 0. The number of hydrogen-bond donors (Lipinski definition) is 1. The maximum absolute atomic E-state index is 11.5. The summed E-state index contributed by atoms with van der Waals surface area (Å²) < 4.78 is 0. The highest BCUT2D eigenvalue weighted by atomic mass is 16.1. The van der Waals surface area contributed by atoms with Crippen LogP contribution in [0.2, 0.25) is 0 Å². The summed E-state index contributed by atoms with van der Waals surface area (Å²) in [5, 5.41) is 0. The highest BCUT2D eigenvalue weighted by Crippen LogP contribution is 2.32. The van der Waals surface area contributed by atoms with Gasteiger partial charge in [0.1, 0.15) is 6.29 Å². The number of carbonyl (C=O) groups is 1. The quantitative estimate of drug-likeness (QED) is 0.873. The lowest BCUT2D eigenvalue weighted by Gasteiger charge is -2.31. The van der Waals surface area contributed by atoms with E-state index in [2.05, 4.69) is 25.8 Å². The Hall–Kier alpha value is -2.00. The average Bonchev–Trinajstić information content (AvgIpc) is 2.46. The Morgan fingerprint density at radius 3 is 2.24 bits per heavy atom. The van der Waals surface area contributed by atoms with E-state index in [4.69, 9.17) is 5.73 Å². The summed E-state index contributed by atoms with van der Waals surface area (Å²) in [7, 11) is 0. The van der Waals surface area contributed by atoms with Gasteiger partial charge in [0.25, 0.3) is 0 Å². The third-order valence-corrected chi connectivity index (χ3v) is 3.42. The second-order valence-electron chi connectivity index (χ2n) is 6.69. The van der Waals surface area contributed by atoms with E-state index in [1.54, 1.807) is 6.20 Å². The van der Waals surface area contributed by atoms with E-state index in [9.17, 15) is 4.79 Å². The molecule has 2 rings (SSSR count). The molecule has 0 fully saturated rings. The van der Waals surface area contributed by atoms with E-state index < -0.39 is 5.54 Å². The summed E-state index contributed by atoms with van der Waals surface area (Å²) in [6, 6.07) is 13.6. The second kappa shape index (κ2) is 5.78. The Kier molecular flexibility index (Phi) is 4.24. The Morgan fingerprint density at radius 1 is 1.10 bits per heavy atom. The van der Waals surface area contributed by atoms with Crippen LogP contribution in [0.1, 0.15) is 32.8 Å². The molecule has 0 amide bonds. The highest BCUT2D eigenvalue weighted by molar-refractivity contribution is 5.69. The van der Waals surface area contributed by atoms with E-state index >= 15 is 0 Å². The first-order chi connectivity index (χ1) is 9.84. The smallest absolute Gasteiger partial charge is 0.144 e. The lowest BCUT2D eigenvalue weighted by molar-refractivity contribution is -0.113. The molecule has 2 N–H and O–H groups in total. The molecule has 0 aliphatic heterocycles. The van der Waals surface area contributed by atoms with Gasteiger partial charge in [-0.25, -0.2) is 0 Å². The van der Waals surface area contributed by atoms with Crippen LogP contribution in [-0.2, 0) is 10.3 Å². The van der Waals surface area contributed by atoms with Gasteiger partial charge in [-0.05, 0) is 29.5 Å². The molecule has 0 saturated carbocycles. The zero-order valence-corrected chi connectivity index (χ0v) is 12.8. The molecule has 0 bridgehead atoms. The van der Waals surface area contributed by atoms with Crippen molar-refractivity contribution in [3.63, 3.8) is 0 Å². The fourth-order valence-corrected chi connectivity index (χ4v) is 2.57. The van der Waals surface area contributed by atoms with Gasteiger partial charge in [0, 0.05) is 11.8 Å². The van der Waals surface area contributed by atoms with Crippen molar-refractivity contribution in [2.75, 3.05) is 0 Å². The minimum Gasteiger partial charge on any atom is -0.315 e. The van der Waals surface area contributed by atoms with Crippen molar-refractivity contribution >= 4 is 6.29 Å². The van der Waals surface area contributed by atoms with Gasteiger partial charge in [-0.3, -0.25) is 4.98 Å². The fraction of sp³-hybridized carbons (Fsp3) is 0.333. The van der Waals surface area contributed by atoms with Crippen LogP contribution >= 0.6 is 0 Å². The van der Waals surface area contributed by atoms with E-state index in [0.717, 1.165) is 23.1 Å². The highest BCUT2D eigenvalue weighted by Gasteiger charge is 2.32. The van der Waals surface area contributed by atoms with Crippen molar-refractivity contribution in [1.29, 1.82) is 0 Å². The number of pyridine rings is 1. The number of hydrogen-bond acceptors (Lipinski definition) is 3. The standard InChI is InChI=1S/C18H22N2O/c1-17(2,3)12-18(19,13-21)15-9-7-14(8-10-15)16-6-4-5-11-20-16/h4-11,13H,12,19H2,1-3H3/t18-/m0/s1. The van der Waals surface area contributed by atoms with Gasteiger partial charge in [-0.1, -0.05) is 51.1 Å². The molecule has 1 atom stereocenters. The van der Waals surface area contributed by atoms with Gasteiger partial charge in [0.15, 0.2) is 0 Å². The fourth-order valence-electron chi connectivity index (χ4n) is 2.57. The van der Waals surface area contributed by atoms with Crippen molar-refractivity contribution in [2.24, 2.45) is 11.1 Å². The first-order valence-electron chi connectivity index (χ1n) is 7.11. The predicted molar refractivity (Wildman–Crippen MR) is 85.7 cm³/mol. The van der Waals surface area contributed by atoms with Crippen molar-refractivity contribution in [2.45, 2.75) is 32.7 Å². The molecule has 1 heterocycles. The zero-order chi connectivity index (χ0) is 15.5. The third-order valence-electron chi connectivity index (χ3n) is 3.42. The van der Waals surface area contributed by atoms with Gasteiger partial charge >= 0.3 is 0 Å². The molecule has 0 unspecified atom stereocenters. The van der Waals surface area contributed by atoms with Crippen LogP contribution in [0.4, 0.5) is 0 Å². The SMILES string of the molecule is CC(C)(C)C[C@](N)(C=O)c1ccc(-c2ccccn2)cc1. The number of benzene rings is 1. The first-order valence-corrected chi connectivity index (χ1v) is 7.11. The predicted octanol–water partition coefficient (Wildman–Crippen LogP) is 3.54. The molecule has 0 spiro atoms. The molecule has 0 aliphatic carbocycles. The second-order valence-corrected chi connectivity index (χ2v) is 6.69. The summed E-state index contributed by atoms with van der Waals surface area (Å²) in [4.78, 5) is 15.8. The number of carbonyl (C=O) groups excluding carboxylic acids is 1. The molecule has 0 aliphatic rings. The number of aldehydes is 1. The Balaban J connectivity index is 2.31. The molecule has 110 valence electrons. The van der Waals surface area contributed by atoms with Crippen LogP contribution in [0.3, 0.4) is 0 Å². The van der Waals surface area contributed by atoms with Gasteiger partial charge in [0.05, 0.1) is 11.2 Å². The van der Waals surface area contributed by atoms with Crippen LogP contribution in [0.5, 0.6) is 0 Å². The third kappa shape index (κ3) is 3.76. The van der Waals surface area contributed by atoms with Crippen LogP contribution < -0.4 is 5.73 Å². The molecule has 2 aromatic rings. The van der Waals surface area contributed by atoms with E-state index in [0.29, 0.717) is 6.42 Å². The summed E-state index contributed by atoms with van der Waals surface area (Å²) in [6.07, 6.45) is 3.22. The maximum atomic E-state index is 11.5. The first kappa shape index (κ1) is 15.4. The Morgan fingerprint density at radius 2 is 1.76 bits per heavy atom. The van der Waals surface area contributed by atoms with Gasteiger partial charge < -0.3 is 10.5 Å². The van der Waals surface area contributed by atoms with E-state index in [1.165, 1.54) is 0 Å². The minimum atomic E-state index is -0.944. The van der Waals surface area contributed by atoms with Gasteiger partial charge in [-0.2, -0.15) is 0 Å². The van der Waals surface area contributed by atoms with Crippen molar-refractivity contribution in [3.8, 4) is 11.3 Å². The van der Waals surface area contributed by atoms with E-state index in [-0.39, 0.29) is 5.41 Å². The molecule has 21 heavy (non-hydrogen) atoms. The van der Waals surface area contributed by atoms with Crippen molar-refractivity contribution in [3.05, 3.63) is 54.2 Å². The monoisotopic (exact) mass is 282 g/mol. The van der Waals surface area contributed by atoms with Crippen LogP contribution in [0, 0.1) is 5.41 Å². The van der Waals surface area contributed by atoms with E-state index in [1.807, 2.05) is 42.5 Å². The lowest BCUT2D eigenvalue weighted by Crippen LogP contribution is -2.41. The largest absolute Gasteiger partial charge is 0.315 e. The molecule has 1 aromatic heterocycles. The molecular formula is C18H22N2O. The Labute approximate surface area is 126 Å². The normalized spacial score (nSPS) is 14.5. The molecule has 0 saturated heterocycles. The molecule has 3 heteroatoms. The molecule has 0 radical (unpaired) electrons. The number of rotatable bonds is 4. The van der Waals surface area contributed by atoms with Gasteiger partial charge in [-0.15, -0.1) is 0 Å². The number of nitrogens with two attached hydrogens (primary N) is 1. The molecular weight excluding hydrogens is 260 g/mol. The summed E-state index contributed by atoms with van der Waals surface area (Å²) >= 11 is 0. The number of nitrogens with zero attached hydrogens (tertiary/aromatic N) is 1. The van der Waals surface area contributed by atoms with Crippen LogP contribution in [0.15, 0.2) is 48.7 Å². The summed E-state index contributed by atoms with van der Waals surface area (Å²) in [5.41, 5.74) is 8.12.